The highest BCUT2D eigenvalue weighted by atomic mass is 32.1. The Balaban J connectivity index is 2.13. The van der Waals surface area contributed by atoms with Crippen molar-refractivity contribution in [1.82, 2.24) is 9.80 Å². The Bertz CT molecular complexity index is 611. The van der Waals surface area contributed by atoms with Crippen molar-refractivity contribution in [3.63, 3.8) is 0 Å². The van der Waals surface area contributed by atoms with E-state index in [1.54, 1.807) is 6.07 Å². The summed E-state index contributed by atoms with van der Waals surface area (Å²) in [5, 5.41) is 1.81. The van der Waals surface area contributed by atoms with Crippen molar-refractivity contribution in [2.75, 3.05) is 13.6 Å². The number of amides is 4. The lowest BCUT2D eigenvalue weighted by Crippen LogP contribution is -2.30. The molecule has 0 radical (unpaired) electrons. The molecule has 2 N–H and O–H groups in total. The Kier molecular flexibility index (Phi) is 3.64. The van der Waals surface area contributed by atoms with Gasteiger partial charge in [-0.15, -0.1) is 11.3 Å². The van der Waals surface area contributed by atoms with Gasteiger partial charge in [0.15, 0.2) is 0 Å². The molecular weight excluding hydrogens is 266 g/mol. The van der Waals surface area contributed by atoms with Gasteiger partial charge in [-0.25, -0.2) is 4.79 Å². The Hall–Kier alpha value is -2.17. The number of nitrogens with zero attached hydrogens (tertiary/aromatic N) is 2. The quantitative estimate of drug-likeness (QED) is 0.468. The number of carbonyl (C=O) groups is 3. The number of urea groups is 1. The van der Waals surface area contributed by atoms with Crippen molar-refractivity contribution >= 4 is 29.2 Å². The number of hydrogen-bond donors (Lipinski definition) is 1. The van der Waals surface area contributed by atoms with Crippen LogP contribution in [0.2, 0.25) is 0 Å². The number of likely N-dealkylation sites (N-methyl/N-ethyl adjacent to an activating group) is 1. The fourth-order valence-corrected chi connectivity index (χ4v) is 2.40. The first-order valence-electron chi connectivity index (χ1n) is 5.44. The molecular formula is C12H11N3O3S. The van der Waals surface area contributed by atoms with E-state index in [0.29, 0.717) is 0 Å². The van der Waals surface area contributed by atoms with Gasteiger partial charge in [-0.05, 0) is 6.07 Å². The van der Waals surface area contributed by atoms with E-state index in [9.17, 15) is 14.4 Å². The molecule has 98 valence electrons. The van der Waals surface area contributed by atoms with E-state index in [2.05, 4.69) is 11.8 Å². The molecule has 1 fully saturated rings. The van der Waals surface area contributed by atoms with Crippen LogP contribution in [-0.2, 0) is 16.1 Å². The molecule has 2 rings (SSSR count). The average molecular weight is 277 g/mol. The summed E-state index contributed by atoms with van der Waals surface area (Å²) in [6.45, 7) is 0.357. The van der Waals surface area contributed by atoms with Crippen LogP contribution >= 0.6 is 11.3 Å². The van der Waals surface area contributed by atoms with Crippen molar-refractivity contribution in [2.24, 2.45) is 5.73 Å². The molecule has 6 nitrogen and oxygen atoms in total. The summed E-state index contributed by atoms with van der Waals surface area (Å²) < 4.78 is 0. The number of imide groups is 2. The van der Waals surface area contributed by atoms with Crippen LogP contribution < -0.4 is 5.73 Å². The second-order valence-electron chi connectivity index (χ2n) is 3.85. The zero-order chi connectivity index (χ0) is 14.0. The molecule has 1 aliphatic rings. The van der Waals surface area contributed by atoms with E-state index in [1.807, 2.05) is 5.38 Å². The van der Waals surface area contributed by atoms with E-state index in [-0.39, 0.29) is 13.1 Å². The van der Waals surface area contributed by atoms with Crippen LogP contribution in [0, 0.1) is 11.8 Å². The first kappa shape index (κ1) is 13.3. The maximum atomic E-state index is 11.7. The van der Waals surface area contributed by atoms with Crippen molar-refractivity contribution in [2.45, 2.75) is 6.54 Å². The summed E-state index contributed by atoms with van der Waals surface area (Å²) in [4.78, 5) is 37.1. The molecule has 0 aliphatic carbocycles. The molecule has 1 aromatic rings. The van der Waals surface area contributed by atoms with E-state index in [0.717, 1.165) is 20.2 Å². The summed E-state index contributed by atoms with van der Waals surface area (Å²) >= 11 is 1.37. The first-order valence-corrected chi connectivity index (χ1v) is 6.32. The van der Waals surface area contributed by atoms with Gasteiger partial charge in [0.05, 0.1) is 13.1 Å². The van der Waals surface area contributed by atoms with Crippen LogP contribution in [0.25, 0.3) is 0 Å². The highest BCUT2D eigenvalue weighted by Crippen LogP contribution is 2.19. The fraction of sp³-hybridized carbons (Fsp3) is 0.250. The maximum absolute atomic E-state index is 11.7. The molecule has 0 saturated carbocycles. The Morgan fingerprint density at radius 3 is 2.63 bits per heavy atom. The molecule has 0 bridgehead atoms. The summed E-state index contributed by atoms with van der Waals surface area (Å²) in [6.07, 6.45) is 0. The zero-order valence-electron chi connectivity index (χ0n) is 10.2. The average Bonchev–Trinajstić information content (AvgIpc) is 2.92. The minimum atomic E-state index is -0.801. The minimum Gasteiger partial charge on any atom is -0.320 e. The van der Waals surface area contributed by atoms with Gasteiger partial charge < -0.3 is 5.73 Å². The molecule has 0 spiro atoms. The van der Waals surface area contributed by atoms with Gasteiger partial charge in [0.25, 0.3) is 0 Å². The monoisotopic (exact) mass is 277 g/mol. The van der Waals surface area contributed by atoms with Gasteiger partial charge >= 0.3 is 17.8 Å². The lowest BCUT2D eigenvalue weighted by molar-refractivity contribution is -0.143. The van der Waals surface area contributed by atoms with Crippen molar-refractivity contribution < 1.29 is 14.4 Å². The van der Waals surface area contributed by atoms with Gasteiger partial charge in [-0.3, -0.25) is 19.4 Å². The number of nitrogens with two attached hydrogens (primary N) is 1. The number of thiophene rings is 1. The van der Waals surface area contributed by atoms with Crippen LogP contribution in [0.5, 0.6) is 0 Å². The molecule has 2 heterocycles. The molecule has 0 unspecified atom stereocenters. The minimum absolute atomic E-state index is 0.0860. The van der Waals surface area contributed by atoms with Gasteiger partial charge in [0.2, 0.25) is 0 Å². The summed E-state index contributed by atoms with van der Waals surface area (Å²) in [7, 11) is 1.29. The van der Waals surface area contributed by atoms with Gasteiger partial charge in [0.1, 0.15) is 0 Å². The summed E-state index contributed by atoms with van der Waals surface area (Å²) in [6, 6.07) is 1.18. The highest BCUT2D eigenvalue weighted by molar-refractivity contribution is 7.10. The van der Waals surface area contributed by atoms with Crippen molar-refractivity contribution in [1.29, 1.82) is 0 Å². The smallest absolute Gasteiger partial charge is 0.320 e. The van der Waals surface area contributed by atoms with Crippen LogP contribution in [0.1, 0.15) is 10.4 Å². The topological polar surface area (TPSA) is 83.7 Å². The predicted octanol–water partition coefficient (Wildman–Crippen LogP) is -0.0211. The van der Waals surface area contributed by atoms with Crippen LogP contribution in [0.4, 0.5) is 4.79 Å². The van der Waals surface area contributed by atoms with E-state index >= 15 is 0 Å². The zero-order valence-corrected chi connectivity index (χ0v) is 11.0. The van der Waals surface area contributed by atoms with Crippen LogP contribution in [0.15, 0.2) is 11.4 Å². The van der Waals surface area contributed by atoms with E-state index in [1.165, 1.54) is 18.4 Å². The van der Waals surface area contributed by atoms with Gasteiger partial charge in [-0.2, -0.15) is 0 Å². The lowest BCUT2D eigenvalue weighted by Gasteiger charge is -2.10. The highest BCUT2D eigenvalue weighted by Gasteiger charge is 2.42. The Morgan fingerprint density at radius 1 is 1.32 bits per heavy atom. The molecule has 0 atom stereocenters. The molecule has 1 saturated heterocycles. The molecule has 1 aromatic heterocycles. The third-order valence-electron chi connectivity index (χ3n) is 2.55. The fourth-order valence-electron chi connectivity index (χ4n) is 1.59. The molecule has 1 aliphatic heterocycles. The van der Waals surface area contributed by atoms with Crippen LogP contribution in [-0.4, -0.2) is 41.2 Å². The van der Waals surface area contributed by atoms with Crippen LogP contribution in [0.3, 0.4) is 0 Å². The van der Waals surface area contributed by atoms with Crippen molar-refractivity contribution in [3.8, 4) is 11.8 Å². The molecule has 0 aromatic carbocycles. The molecule has 7 heteroatoms. The van der Waals surface area contributed by atoms with Gasteiger partial charge in [-0.1, -0.05) is 11.8 Å². The van der Waals surface area contributed by atoms with E-state index < -0.39 is 17.8 Å². The SMILES string of the molecule is CN1C(=O)C(=O)N(Cc2cc(C#CCN)cs2)C1=O. The number of rotatable bonds is 2. The first-order chi connectivity index (χ1) is 9.04. The van der Waals surface area contributed by atoms with Crippen molar-refractivity contribution in [3.05, 3.63) is 21.9 Å². The van der Waals surface area contributed by atoms with E-state index in [4.69, 9.17) is 5.73 Å². The Morgan fingerprint density at radius 2 is 2.05 bits per heavy atom. The third-order valence-corrected chi connectivity index (χ3v) is 3.47. The molecule has 4 amide bonds. The maximum Gasteiger partial charge on any atom is 0.334 e. The summed E-state index contributed by atoms with van der Waals surface area (Å²) in [5.41, 5.74) is 6.05. The lowest BCUT2D eigenvalue weighted by atomic mass is 10.3. The predicted molar refractivity (Wildman–Crippen MR) is 69.0 cm³/mol. The normalized spacial score (nSPS) is 14.9. The Labute approximate surface area is 113 Å². The largest absolute Gasteiger partial charge is 0.334 e. The number of carbonyl (C=O) groups excluding carboxylic acids is 3. The van der Waals surface area contributed by atoms with Gasteiger partial charge in [0, 0.05) is 22.9 Å². The second-order valence-corrected chi connectivity index (χ2v) is 4.84. The third kappa shape index (κ3) is 2.50. The second kappa shape index (κ2) is 5.22. The standard InChI is InChI=1S/C12H11N3O3S/c1-14-10(16)11(17)15(12(14)18)6-9-5-8(7-19-9)3-2-4-13/h5,7H,4,6,13H2,1H3. The molecule has 19 heavy (non-hydrogen) atoms. The summed E-state index contributed by atoms with van der Waals surface area (Å²) in [5.74, 6) is 3.98. The number of hydrogen-bond acceptors (Lipinski definition) is 5.